The van der Waals surface area contributed by atoms with E-state index in [4.69, 9.17) is 11.1 Å². The normalized spacial score (nSPS) is 12.0. The molecule has 2 aromatic carbocycles. The van der Waals surface area contributed by atoms with Crippen LogP contribution < -0.4 is 10.6 Å². The van der Waals surface area contributed by atoms with Crippen LogP contribution in [0.3, 0.4) is 0 Å². The van der Waals surface area contributed by atoms with Gasteiger partial charge in [0.05, 0.1) is 11.4 Å². The van der Waals surface area contributed by atoms with E-state index in [2.05, 4.69) is 4.98 Å². The van der Waals surface area contributed by atoms with Gasteiger partial charge in [0.1, 0.15) is 17.3 Å². The number of pyridine rings is 1. The molecule has 3 rings (SSSR count). The highest BCUT2D eigenvalue weighted by Crippen LogP contribution is 2.34. The van der Waals surface area contributed by atoms with Crippen molar-refractivity contribution in [3.8, 4) is 0 Å². The smallest absolute Gasteiger partial charge is 0.395 e. The van der Waals surface area contributed by atoms with Crippen LogP contribution in [0.5, 0.6) is 0 Å². The number of alkyl halides is 3. The molecule has 30 heavy (non-hydrogen) atoms. The fourth-order valence-corrected chi connectivity index (χ4v) is 2.64. The molecule has 0 atom stereocenters. The Balaban J connectivity index is 2.06. The maximum Gasteiger partial charge on any atom is 0.430 e. The van der Waals surface area contributed by atoms with Crippen LogP contribution in [0.1, 0.15) is 5.69 Å². The van der Waals surface area contributed by atoms with Gasteiger partial charge in [-0.1, -0.05) is 0 Å². The molecule has 0 bridgehead atoms. The molecular formula is C21H15F5N4. The highest BCUT2D eigenvalue weighted by molar-refractivity contribution is 6.06. The van der Waals surface area contributed by atoms with Crippen molar-refractivity contribution in [2.75, 3.05) is 4.90 Å². The first-order valence-corrected chi connectivity index (χ1v) is 8.56. The topological polar surface area (TPSA) is 66.0 Å². The molecule has 0 spiro atoms. The number of nitrogens with zero attached hydrogens (tertiary/aromatic N) is 2. The van der Waals surface area contributed by atoms with Crippen molar-refractivity contribution >= 4 is 22.8 Å². The lowest BCUT2D eigenvalue weighted by Crippen LogP contribution is -2.21. The maximum absolute atomic E-state index is 13.4. The number of nitrogens with two attached hydrogens (primary N) is 1. The number of benzene rings is 2. The van der Waals surface area contributed by atoms with Gasteiger partial charge in [0, 0.05) is 23.3 Å². The zero-order valence-electron chi connectivity index (χ0n) is 15.3. The molecular weight excluding hydrogens is 403 g/mol. The summed E-state index contributed by atoms with van der Waals surface area (Å²) in [5, 5.41) is 7.91. The predicted molar refractivity (Wildman–Crippen MR) is 104 cm³/mol. The Bertz CT molecular complexity index is 1030. The molecule has 0 aliphatic rings. The minimum absolute atomic E-state index is 0.0612. The molecule has 0 fully saturated rings. The van der Waals surface area contributed by atoms with Crippen LogP contribution in [-0.2, 0) is 0 Å². The third kappa shape index (κ3) is 4.80. The number of hydrogen-bond donors (Lipinski definition) is 2. The van der Waals surface area contributed by atoms with E-state index in [1.165, 1.54) is 60.8 Å². The number of aromatic nitrogens is 1. The molecule has 9 heteroatoms. The first kappa shape index (κ1) is 21.0. The van der Waals surface area contributed by atoms with Gasteiger partial charge >= 0.3 is 6.18 Å². The third-order valence-corrected chi connectivity index (χ3v) is 4.07. The molecule has 0 saturated carbocycles. The standard InChI is InChI=1S/C21H15F5N4/c22-13-1-5-15(6-2-13)30(16-7-3-14(23)4-8-16)17-9-10-29-19(11-17)18(27)12-20(28)21(24,25)26/h1-12,27H,28H2. The first-order valence-electron chi connectivity index (χ1n) is 8.56. The van der Waals surface area contributed by atoms with Gasteiger partial charge in [-0.25, -0.2) is 8.78 Å². The molecule has 0 radical (unpaired) electrons. The molecule has 4 nitrogen and oxygen atoms in total. The van der Waals surface area contributed by atoms with Crippen LogP contribution >= 0.6 is 0 Å². The van der Waals surface area contributed by atoms with Crippen LogP contribution in [0.4, 0.5) is 39.0 Å². The quantitative estimate of drug-likeness (QED) is 0.419. The number of nitrogens with one attached hydrogen (secondary N) is 1. The van der Waals surface area contributed by atoms with Crippen LogP contribution in [0.15, 0.2) is 78.6 Å². The first-order chi connectivity index (χ1) is 14.1. The highest BCUT2D eigenvalue weighted by atomic mass is 19.4. The number of anilines is 3. The Kier molecular flexibility index (Phi) is 5.81. The van der Waals surface area contributed by atoms with Gasteiger partial charge in [-0.3, -0.25) is 10.4 Å². The molecule has 0 amide bonds. The molecule has 0 aliphatic heterocycles. The molecule has 0 unspecified atom stereocenters. The fraction of sp³-hybridized carbons (Fsp3) is 0.0476. The monoisotopic (exact) mass is 418 g/mol. The van der Waals surface area contributed by atoms with Crippen LogP contribution in [0.25, 0.3) is 0 Å². The molecule has 3 aromatic rings. The fourth-order valence-electron chi connectivity index (χ4n) is 2.64. The van der Waals surface area contributed by atoms with Gasteiger partial charge in [-0.15, -0.1) is 0 Å². The predicted octanol–water partition coefficient (Wildman–Crippen LogP) is 5.60. The third-order valence-electron chi connectivity index (χ3n) is 4.07. The number of hydrogen-bond acceptors (Lipinski definition) is 4. The second kappa shape index (κ2) is 8.32. The summed E-state index contributed by atoms with van der Waals surface area (Å²) < 4.78 is 64.7. The molecule has 0 aliphatic carbocycles. The number of halogens is 5. The van der Waals surface area contributed by atoms with Gasteiger partial charge in [-0.05, 0) is 66.7 Å². The van der Waals surface area contributed by atoms with E-state index in [1.54, 1.807) is 11.0 Å². The second-order valence-electron chi connectivity index (χ2n) is 6.20. The van der Waals surface area contributed by atoms with E-state index < -0.39 is 29.2 Å². The van der Waals surface area contributed by atoms with E-state index in [9.17, 15) is 22.0 Å². The SMILES string of the molecule is N=C(C=C(N)C(F)(F)F)c1cc(N(c2ccc(F)cc2)c2ccc(F)cc2)ccn1. The summed E-state index contributed by atoms with van der Waals surface area (Å²) in [7, 11) is 0. The maximum atomic E-state index is 13.4. The second-order valence-corrected chi connectivity index (χ2v) is 6.20. The van der Waals surface area contributed by atoms with E-state index in [0.29, 0.717) is 23.1 Å². The Morgan fingerprint density at radius 1 is 0.867 bits per heavy atom. The van der Waals surface area contributed by atoms with Crippen LogP contribution in [-0.4, -0.2) is 16.9 Å². The Morgan fingerprint density at radius 2 is 1.37 bits per heavy atom. The van der Waals surface area contributed by atoms with Crippen molar-refractivity contribution < 1.29 is 22.0 Å². The van der Waals surface area contributed by atoms with Gasteiger partial charge in [0.15, 0.2) is 0 Å². The van der Waals surface area contributed by atoms with Gasteiger partial charge in [0.2, 0.25) is 0 Å². The lowest BCUT2D eigenvalue weighted by Gasteiger charge is -2.25. The number of rotatable bonds is 5. The molecule has 3 N–H and O–H groups in total. The molecule has 1 aromatic heterocycles. The van der Waals surface area contributed by atoms with E-state index in [-0.39, 0.29) is 5.69 Å². The summed E-state index contributed by atoms with van der Waals surface area (Å²) in [5.41, 5.74) is 4.40. The van der Waals surface area contributed by atoms with Crippen molar-refractivity contribution in [2.45, 2.75) is 6.18 Å². The van der Waals surface area contributed by atoms with Crippen molar-refractivity contribution in [3.63, 3.8) is 0 Å². The zero-order valence-corrected chi connectivity index (χ0v) is 15.3. The van der Waals surface area contributed by atoms with E-state index >= 15 is 0 Å². The summed E-state index contributed by atoms with van der Waals surface area (Å²) in [6.45, 7) is 0. The lowest BCUT2D eigenvalue weighted by molar-refractivity contribution is -0.0925. The highest BCUT2D eigenvalue weighted by Gasteiger charge is 2.31. The van der Waals surface area contributed by atoms with Crippen molar-refractivity contribution in [3.05, 3.63) is 96.0 Å². The molecule has 1 heterocycles. The van der Waals surface area contributed by atoms with Crippen LogP contribution in [0, 0.1) is 17.0 Å². The molecule has 0 saturated heterocycles. The molecule has 154 valence electrons. The van der Waals surface area contributed by atoms with E-state index in [0.717, 1.165) is 0 Å². The summed E-state index contributed by atoms with van der Waals surface area (Å²) in [6, 6.07) is 13.9. The van der Waals surface area contributed by atoms with Crippen molar-refractivity contribution in [2.24, 2.45) is 5.73 Å². The summed E-state index contributed by atoms with van der Waals surface area (Å²) in [6.07, 6.45) is -2.97. The minimum atomic E-state index is -4.77. The average Bonchev–Trinajstić information content (AvgIpc) is 2.70. The van der Waals surface area contributed by atoms with Crippen LogP contribution in [0.2, 0.25) is 0 Å². The van der Waals surface area contributed by atoms with Gasteiger partial charge in [-0.2, -0.15) is 13.2 Å². The Hall–Kier alpha value is -3.75. The summed E-state index contributed by atoms with van der Waals surface area (Å²) in [4.78, 5) is 5.55. The van der Waals surface area contributed by atoms with Crippen molar-refractivity contribution in [1.29, 1.82) is 5.41 Å². The van der Waals surface area contributed by atoms with E-state index in [1.807, 2.05) is 0 Å². The summed E-state index contributed by atoms with van der Waals surface area (Å²) >= 11 is 0. The lowest BCUT2D eigenvalue weighted by atomic mass is 10.1. The van der Waals surface area contributed by atoms with Gasteiger partial charge < -0.3 is 10.6 Å². The Labute approximate surface area is 168 Å². The largest absolute Gasteiger partial charge is 0.430 e. The summed E-state index contributed by atoms with van der Waals surface area (Å²) in [5.74, 6) is -0.912. The average molecular weight is 418 g/mol. The number of allylic oxidation sites excluding steroid dienone is 2. The van der Waals surface area contributed by atoms with Crippen molar-refractivity contribution in [1.82, 2.24) is 4.98 Å². The van der Waals surface area contributed by atoms with Gasteiger partial charge in [0.25, 0.3) is 0 Å². The zero-order chi connectivity index (χ0) is 21.9. The Morgan fingerprint density at radius 3 is 1.83 bits per heavy atom. The minimum Gasteiger partial charge on any atom is -0.395 e.